The average molecular weight is 256 g/mol. The minimum Gasteiger partial charge on any atom is -0.373 e. The van der Waals surface area contributed by atoms with Gasteiger partial charge in [-0.05, 0) is 43.5 Å². The van der Waals surface area contributed by atoms with Crippen LogP contribution in [0.25, 0.3) is 0 Å². The number of benzene rings is 1. The Kier molecular flexibility index (Phi) is 3.69. The molecular formula is C15H20N4. The zero-order chi connectivity index (χ0) is 14.0. The molecule has 0 saturated heterocycles. The van der Waals surface area contributed by atoms with E-state index in [4.69, 9.17) is 0 Å². The summed E-state index contributed by atoms with van der Waals surface area (Å²) in [6.07, 6.45) is 1.58. The van der Waals surface area contributed by atoms with E-state index >= 15 is 0 Å². The fraction of sp³-hybridized carbons (Fsp3) is 0.333. The summed E-state index contributed by atoms with van der Waals surface area (Å²) >= 11 is 0. The molecule has 1 N–H and O–H groups in total. The van der Waals surface area contributed by atoms with Crippen LogP contribution in [-0.4, -0.2) is 24.1 Å². The molecule has 1 aromatic carbocycles. The van der Waals surface area contributed by atoms with E-state index in [0.29, 0.717) is 0 Å². The van der Waals surface area contributed by atoms with E-state index in [1.165, 1.54) is 22.4 Å². The molecule has 0 atom stereocenters. The smallest absolute Gasteiger partial charge is 0.138 e. The zero-order valence-electron chi connectivity index (χ0n) is 12.2. The first kappa shape index (κ1) is 13.3. The summed E-state index contributed by atoms with van der Waals surface area (Å²) in [7, 11) is 3.88. The monoisotopic (exact) mass is 256 g/mol. The molecule has 100 valence electrons. The summed E-state index contributed by atoms with van der Waals surface area (Å²) in [6, 6.07) is 6.35. The first-order valence-electron chi connectivity index (χ1n) is 6.34. The molecule has 0 aliphatic carbocycles. The Bertz CT molecular complexity index is 593. The van der Waals surface area contributed by atoms with Crippen molar-refractivity contribution in [2.75, 3.05) is 24.3 Å². The SMILES string of the molecule is CNc1cc(N(C)c2cc(C)c(C)cc2C)ncn1. The lowest BCUT2D eigenvalue weighted by Crippen LogP contribution is -2.13. The minimum absolute atomic E-state index is 0.818. The summed E-state index contributed by atoms with van der Waals surface area (Å²) in [4.78, 5) is 10.6. The van der Waals surface area contributed by atoms with Crippen LogP contribution in [0.5, 0.6) is 0 Å². The molecule has 0 aliphatic rings. The second-order valence-electron chi connectivity index (χ2n) is 4.79. The fourth-order valence-electron chi connectivity index (χ4n) is 2.10. The summed E-state index contributed by atoms with van der Waals surface area (Å²) in [5, 5.41) is 3.03. The van der Waals surface area contributed by atoms with Gasteiger partial charge in [0.1, 0.15) is 18.0 Å². The fourth-order valence-corrected chi connectivity index (χ4v) is 2.10. The van der Waals surface area contributed by atoms with Gasteiger partial charge in [0.15, 0.2) is 0 Å². The maximum atomic E-state index is 4.33. The zero-order valence-corrected chi connectivity index (χ0v) is 12.2. The molecular weight excluding hydrogens is 236 g/mol. The molecule has 2 rings (SSSR count). The molecule has 0 unspecified atom stereocenters. The quantitative estimate of drug-likeness (QED) is 0.915. The number of nitrogens with zero attached hydrogens (tertiary/aromatic N) is 3. The summed E-state index contributed by atoms with van der Waals surface area (Å²) in [6.45, 7) is 6.39. The normalized spacial score (nSPS) is 10.4. The van der Waals surface area contributed by atoms with E-state index in [0.717, 1.165) is 11.6 Å². The molecule has 4 heteroatoms. The Morgan fingerprint density at radius 1 is 0.947 bits per heavy atom. The van der Waals surface area contributed by atoms with Crippen molar-refractivity contribution in [2.45, 2.75) is 20.8 Å². The molecule has 0 spiro atoms. The van der Waals surface area contributed by atoms with Gasteiger partial charge in [-0.15, -0.1) is 0 Å². The van der Waals surface area contributed by atoms with Gasteiger partial charge >= 0.3 is 0 Å². The number of aryl methyl sites for hydroxylation is 3. The predicted octanol–water partition coefficient (Wildman–Crippen LogP) is 3.21. The standard InChI is InChI=1S/C15H20N4/c1-10-6-12(3)13(7-11(10)2)19(5)15-8-14(16-4)17-9-18-15/h6-9H,1-5H3,(H,16,17,18). The van der Waals surface area contributed by atoms with E-state index in [1.807, 2.05) is 20.2 Å². The van der Waals surface area contributed by atoms with E-state index in [9.17, 15) is 0 Å². The van der Waals surface area contributed by atoms with E-state index in [2.05, 4.69) is 53.1 Å². The third-order valence-electron chi connectivity index (χ3n) is 3.43. The lowest BCUT2D eigenvalue weighted by molar-refractivity contribution is 1.07. The Labute approximate surface area is 114 Å². The van der Waals surface area contributed by atoms with Crippen molar-refractivity contribution in [3.05, 3.63) is 41.2 Å². The lowest BCUT2D eigenvalue weighted by Gasteiger charge is -2.22. The molecule has 1 aromatic heterocycles. The van der Waals surface area contributed by atoms with Crippen LogP contribution in [-0.2, 0) is 0 Å². The highest BCUT2D eigenvalue weighted by molar-refractivity contribution is 5.66. The summed E-state index contributed by atoms with van der Waals surface area (Å²) in [5.74, 6) is 1.70. The van der Waals surface area contributed by atoms with Crippen LogP contribution in [0.3, 0.4) is 0 Å². The predicted molar refractivity (Wildman–Crippen MR) is 80.3 cm³/mol. The number of hydrogen-bond acceptors (Lipinski definition) is 4. The van der Waals surface area contributed by atoms with Crippen molar-refractivity contribution in [3.8, 4) is 0 Å². The molecule has 0 radical (unpaired) electrons. The summed E-state index contributed by atoms with van der Waals surface area (Å²) in [5.41, 5.74) is 5.02. The van der Waals surface area contributed by atoms with E-state index < -0.39 is 0 Å². The topological polar surface area (TPSA) is 41.0 Å². The van der Waals surface area contributed by atoms with Crippen molar-refractivity contribution < 1.29 is 0 Å². The summed E-state index contributed by atoms with van der Waals surface area (Å²) < 4.78 is 0. The maximum absolute atomic E-state index is 4.33. The van der Waals surface area contributed by atoms with Crippen molar-refractivity contribution in [1.82, 2.24) is 9.97 Å². The highest BCUT2D eigenvalue weighted by Gasteiger charge is 2.10. The molecule has 1 heterocycles. The molecule has 0 fully saturated rings. The van der Waals surface area contributed by atoms with Gasteiger partial charge in [0.2, 0.25) is 0 Å². The first-order valence-corrected chi connectivity index (χ1v) is 6.34. The van der Waals surface area contributed by atoms with E-state index in [-0.39, 0.29) is 0 Å². The first-order chi connectivity index (χ1) is 9.02. The second-order valence-corrected chi connectivity index (χ2v) is 4.79. The number of hydrogen-bond donors (Lipinski definition) is 1. The maximum Gasteiger partial charge on any atom is 0.138 e. The van der Waals surface area contributed by atoms with E-state index in [1.54, 1.807) is 6.33 Å². The highest BCUT2D eigenvalue weighted by atomic mass is 15.2. The molecule has 0 amide bonds. The average Bonchev–Trinajstić information content (AvgIpc) is 2.42. The van der Waals surface area contributed by atoms with Gasteiger partial charge < -0.3 is 10.2 Å². The third kappa shape index (κ3) is 2.67. The second kappa shape index (κ2) is 5.26. The Balaban J connectivity index is 2.43. The van der Waals surface area contributed by atoms with Crippen LogP contribution in [0, 0.1) is 20.8 Å². The molecule has 2 aromatic rings. The van der Waals surface area contributed by atoms with Gasteiger partial charge in [-0.2, -0.15) is 0 Å². The van der Waals surface area contributed by atoms with Crippen LogP contribution in [0.4, 0.5) is 17.3 Å². The van der Waals surface area contributed by atoms with Crippen molar-refractivity contribution in [1.29, 1.82) is 0 Å². The van der Waals surface area contributed by atoms with Crippen LogP contribution < -0.4 is 10.2 Å². The van der Waals surface area contributed by atoms with Crippen molar-refractivity contribution >= 4 is 17.3 Å². The number of aromatic nitrogens is 2. The minimum atomic E-state index is 0.818. The van der Waals surface area contributed by atoms with Crippen molar-refractivity contribution in [2.24, 2.45) is 0 Å². The largest absolute Gasteiger partial charge is 0.373 e. The number of anilines is 3. The van der Waals surface area contributed by atoms with Crippen LogP contribution in [0.2, 0.25) is 0 Å². The van der Waals surface area contributed by atoms with Gasteiger partial charge in [-0.3, -0.25) is 0 Å². The lowest BCUT2D eigenvalue weighted by atomic mass is 10.0. The van der Waals surface area contributed by atoms with Crippen molar-refractivity contribution in [3.63, 3.8) is 0 Å². The molecule has 0 saturated carbocycles. The number of nitrogens with one attached hydrogen (secondary N) is 1. The van der Waals surface area contributed by atoms with Gasteiger partial charge in [0, 0.05) is 25.8 Å². The molecule has 19 heavy (non-hydrogen) atoms. The molecule has 0 bridgehead atoms. The van der Waals surface area contributed by atoms with Gasteiger partial charge in [0.25, 0.3) is 0 Å². The molecule has 0 aliphatic heterocycles. The van der Waals surface area contributed by atoms with Crippen LogP contribution in [0.1, 0.15) is 16.7 Å². The van der Waals surface area contributed by atoms with Crippen LogP contribution >= 0.6 is 0 Å². The van der Waals surface area contributed by atoms with Crippen LogP contribution in [0.15, 0.2) is 24.5 Å². The Morgan fingerprint density at radius 3 is 2.32 bits per heavy atom. The van der Waals surface area contributed by atoms with Gasteiger partial charge in [0.05, 0.1) is 0 Å². The Hall–Kier alpha value is -2.10. The number of rotatable bonds is 3. The Morgan fingerprint density at radius 2 is 1.63 bits per heavy atom. The molecule has 4 nitrogen and oxygen atoms in total. The van der Waals surface area contributed by atoms with Gasteiger partial charge in [-0.1, -0.05) is 6.07 Å². The third-order valence-corrected chi connectivity index (χ3v) is 3.43. The van der Waals surface area contributed by atoms with Gasteiger partial charge in [-0.25, -0.2) is 9.97 Å². The highest BCUT2D eigenvalue weighted by Crippen LogP contribution is 2.28.